The smallest absolute Gasteiger partial charge is 0.260 e. The van der Waals surface area contributed by atoms with Crippen molar-refractivity contribution in [3.8, 4) is 5.75 Å². The minimum absolute atomic E-state index is 0.123. The molecule has 154 valence electrons. The van der Waals surface area contributed by atoms with E-state index < -0.39 is 11.6 Å². The average molecular weight is 407 g/mol. The van der Waals surface area contributed by atoms with Gasteiger partial charge in [0, 0.05) is 43.9 Å². The summed E-state index contributed by atoms with van der Waals surface area (Å²) < 4.78 is 21.4. The van der Waals surface area contributed by atoms with Crippen LogP contribution in [0.5, 0.6) is 5.75 Å². The first-order chi connectivity index (χ1) is 14.6. The molecule has 0 unspecified atom stereocenters. The van der Waals surface area contributed by atoms with E-state index in [0.29, 0.717) is 44.4 Å². The van der Waals surface area contributed by atoms with E-state index in [2.05, 4.69) is 15.0 Å². The van der Waals surface area contributed by atoms with Gasteiger partial charge < -0.3 is 14.5 Å². The summed E-state index contributed by atoms with van der Waals surface area (Å²) in [4.78, 5) is 29.8. The minimum atomic E-state index is -1.88. The standard InChI is InChI=1S/C22H22FN5O2/c23-22(21(29)28-11-12-30-19-5-8-24-13-16(19)15-28)6-9-27(10-7-22)20-14-25-17-3-1-2-4-18(17)26-20/h1-5,8,13-14H,6-7,9-12,15H2. The number of aromatic nitrogens is 3. The molecular formula is C22H22FN5O2. The normalized spacial score (nSPS) is 18.4. The highest BCUT2D eigenvalue weighted by molar-refractivity contribution is 5.85. The van der Waals surface area contributed by atoms with Gasteiger partial charge in [-0.25, -0.2) is 9.37 Å². The lowest BCUT2D eigenvalue weighted by molar-refractivity contribution is -0.146. The highest BCUT2D eigenvalue weighted by atomic mass is 19.1. The third-order valence-corrected chi connectivity index (χ3v) is 5.83. The van der Waals surface area contributed by atoms with E-state index in [1.807, 2.05) is 29.2 Å². The van der Waals surface area contributed by atoms with Crippen LogP contribution in [0.2, 0.25) is 0 Å². The van der Waals surface area contributed by atoms with Gasteiger partial charge in [-0.05, 0) is 18.2 Å². The second-order valence-corrected chi connectivity index (χ2v) is 7.73. The lowest BCUT2D eigenvalue weighted by Gasteiger charge is -2.38. The Kier molecular flexibility index (Phi) is 4.69. The predicted octanol–water partition coefficient (Wildman–Crippen LogP) is 2.75. The van der Waals surface area contributed by atoms with Gasteiger partial charge in [0.1, 0.15) is 18.2 Å². The SMILES string of the molecule is O=C(N1CCOc2ccncc2C1)C1(F)CCN(c2cnc3ccccc3n2)CC1. The van der Waals surface area contributed by atoms with E-state index >= 15 is 4.39 Å². The molecule has 0 spiro atoms. The number of ether oxygens (including phenoxy) is 1. The zero-order valence-corrected chi connectivity index (χ0v) is 16.5. The number of carbonyl (C=O) groups is 1. The zero-order chi connectivity index (χ0) is 20.6. The van der Waals surface area contributed by atoms with Crippen molar-refractivity contribution in [2.24, 2.45) is 0 Å². The topological polar surface area (TPSA) is 71.5 Å². The molecule has 0 atom stereocenters. The number of fused-ring (bicyclic) bond motifs is 2. The van der Waals surface area contributed by atoms with Gasteiger partial charge in [-0.1, -0.05) is 12.1 Å². The summed E-state index contributed by atoms with van der Waals surface area (Å²) in [7, 11) is 0. The van der Waals surface area contributed by atoms with Gasteiger partial charge in [0.25, 0.3) is 5.91 Å². The van der Waals surface area contributed by atoms with E-state index in [1.165, 1.54) is 0 Å². The van der Waals surface area contributed by atoms with E-state index in [0.717, 1.165) is 16.6 Å². The Morgan fingerprint density at radius 1 is 1.07 bits per heavy atom. The van der Waals surface area contributed by atoms with Crippen molar-refractivity contribution in [3.05, 3.63) is 54.5 Å². The quantitative estimate of drug-likeness (QED) is 0.651. The molecule has 0 aliphatic carbocycles. The molecule has 8 heteroatoms. The van der Waals surface area contributed by atoms with Crippen molar-refractivity contribution in [2.75, 3.05) is 31.1 Å². The van der Waals surface area contributed by atoms with E-state index in [-0.39, 0.29) is 12.8 Å². The Labute approximate surface area is 173 Å². The van der Waals surface area contributed by atoms with Crippen LogP contribution in [0.3, 0.4) is 0 Å². The van der Waals surface area contributed by atoms with Crippen molar-refractivity contribution >= 4 is 22.8 Å². The van der Waals surface area contributed by atoms with Crippen LogP contribution in [-0.4, -0.2) is 57.7 Å². The molecule has 0 bridgehead atoms. The maximum atomic E-state index is 15.7. The maximum Gasteiger partial charge on any atom is 0.260 e. The molecule has 1 fully saturated rings. The molecule has 1 saturated heterocycles. The number of nitrogens with zero attached hydrogens (tertiary/aromatic N) is 5. The number of rotatable bonds is 2. The van der Waals surface area contributed by atoms with Gasteiger partial charge in [0.05, 0.1) is 30.3 Å². The number of para-hydroxylation sites is 2. The molecule has 7 nitrogen and oxygen atoms in total. The van der Waals surface area contributed by atoms with Crippen molar-refractivity contribution < 1.29 is 13.9 Å². The number of hydrogen-bond donors (Lipinski definition) is 0. The summed E-state index contributed by atoms with van der Waals surface area (Å²) in [6.45, 7) is 1.85. The minimum Gasteiger partial charge on any atom is -0.491 e. The van der Waals surface area contributed by atoms with Gasteiger partial charge >= 0.3 is 0 Å². The largest absolute Gasteiger partial charge is 0.491 e. The monoisotopic (exact) mass is 407 g/mol. The van der Waals surface area contributed by atoms with Crippen LogP contribution in [0.1, 0.15) is 18.4 Å². The van der Waals surface area contributed by atoms with Crippen molar-refractivity contribution in [3.63, 3.8) is 0 Å². The lowest BCUT2D eigenvalue weighted by atomic mass is 9.91. The summed E-state index contributed by atoms with van der Waals surface area (Å²) in [6.07, 6.45) is 5.28. The third-order valence-electron chi connectivity index (χ3n) is 5.83. The predicted molar refractivity (Wildman–Crippen MR) is 110 cm³/mol. The molecule has 30 heavy (non-hydrogen) atoms. The molecule has 1 aromatic carbocycles. The van der Waals surface area contributed by atoms with Crippen LogP contribution in [0.4, 0.5) is 10.2 Å². The molecule has 0 N–H and O–H groups in total. The molecule has 1 amide bonds. The number of amides is 1. The fourth-order valence-corrected chi connectivity index (χ4v) is 4.09. The number of anilines is 1. The van der Waals surface area contributed by atoms with Crippen molar-refractivity contribution in [1.29, 1.82) is 0 Å². The average Bonchev–Trinajstić information content (AvgIpc) is 3.01. The Balaban J connectivity index is 1.29. The summed E-state index contributed by atoms with van der Waals surface area (Å²) >= 11 is 0. The number of benzene rings is 1. The number of hydrogen-bond acceptors (Lipinski definition) is 6. The van der Waals surface area contributed by atoms with Crippen LogP contribution < -0.4 is 9.64 Å². The second-order valence-electron chi connectivity index (χ2n) is 7.73. The number of carbonyl (C=O) groups excluding carboxylic acids is 1. The first-order valence-corrected chi connectivity index (χ1v) is 10.1. The molecule has 3 aromatic rings. The molecule has 2 aliphatic heterocycles. The van der Waals surface area contributed by atoms with Crippen LogP contribution in [-0.2, 0) is 11.3 Å². The number of pyridine rings is 1. The Hall–Kier alpha value is -3.29. The van der Waals surface area contributed by atoms with Crippen molar-refractivity contribution in [2.45, 2.75) is 25.1 Å². The van der Waals surface area contributed by atoms with Gasteiger partial charge in [-0.15, -0.1) is 0 Å². The van der Waals surface area contributed by atoms with Gasteiger partial charge in [-0.3, -0.25) is 14.8 Å². The Morgan fingerprint density at radius 2 is 1.87 bits per heavy atom. The molecule has 0 radical (unpaired) electrons. The summed E-state index contributed by atoms with van der Waals surface area (Å²) in [6, 6.07) is 9.43. The molecule has 0 saturated carbocycles. The highest BCUT2D eigenvalue weighted by Crippen LogP contribution is 2.32. The Bertz CT molecular complexity index is 1080. The number of piperidine rings is 1. The highest BCUT2D eigenvalue weighted by Gasteiger charge is 2.44. The van der Waals surface area contributed by atoms with Gasteiger partial charge in [0.2, 0.25) is 0 Å². The van der Waals surface area contributed by atoms with Crippen LogP contribution in [0.15, 0.2) is 48.9 Å². The number of halogens is 1. The first-order valence-electron chi connectivity index (χ1n) is 10.1. The fourth-order valence-electron chi connectivity index (χ4n) is 4.09. The van der Waals surface area contributed by atoms with Gasteiger partial charge in [0.15, 0.2) is 5.67 Å². The molecule has 2 aliphatic rings. The zero-order valence-electron chi connectivity index (χ0n) is 16.5. The second kappa shape index (κ2) is 7.51. The molecular weight excluding hydrogens is 385 g/mol. The molecule has 2 aromatic heterocycles. The van der Waals surface area contributed by atoms with E-state index in [4.69, 9.17) is 4.74 Å². The summed E-state index contributed by atoms with van der Waals surface area (Å²) in [5.74, 6) is 0.955. The molecule has 4 heterocycles. The molecule has 5 rings (SSSR count). The first kappa shape index (κ1) is 18.7. The van der Waals surface area contributed by atoms with Crippen LogP contribution in [0, 0.1) is 0 Å². The summed E-state index contributed by atoms with van der Waals surface area (Å²) in [5, 5.41) is 0. The maximum absolute atomic E-state index is 15.7. The van der Waals surface area contributed by atoms with E-state index in [1.54, 1.807) is 29.6 Å². The number of alkyl halides is 1. The van der Waals surface area contributed by atoms with Gasteiger partial charge in [-0.2, -0.15) is 0 Å². The fraction of sp³-hybridized carbons (Fsp3) is 0.364. The Morgan fingerprint density at radius 3 is 2.70 bits per heavy atom. The van der Waals surface area contributed by atoms with E-state index in [9.17, 15) is 4.79 Å². The van der Waals surface area contributed by atoms with Crippen LogP contribution >= 0.6 is 0 Å². The summed E-state index contributed by atoms with van der Waals surface area (Å²) in [5.41, 5.74) is 0.551. The van der Waals surface area contributed by atoms with Crippen LogP contribution in [0.25, 0.3) is 11.0 Å². The third kappa shape index (κ3) is 3.42. The lowest BCUT2D eigenvalue weighted by Crippen LogP contribution is -2.52. The van der Waals surface area contributed by atoms with Crippen molar-refractivity contribution in [1.82, 2.24) is 19.9 Å².